The highest BCUT2D eigenvalue weighted by Crippen LogP contribution is 2.06. The van der Waals surface area contributed by atoms with Crippen LogP contribution in [0.5, 0.6) is 0 Å². The van der Waals surface area contributed by atoms with Crippen LogP contribution in [-0.4, -0.2) is 23.7 Å². The first-order valence-electron chi connectivity index (χ1n) is 3.18. The Kier molecular flexibility index (Phi) is 7.70. The largest absolute Gasteiger partial charge is 0.367 e. The van der Waals surface area contributed by atoms with Crippen LogP contribution in [0, 0.1) is 0 Å². The van der Waals surface area contributed by atoms with E-state index in [9.17, 15) is 0 Å². The van der Waals surface area contributed by atoms with Gasteiger partial charge in [0.15, 0.2) is 0 Å². The molecule has 0 aliphatic heterocycles. The predicted molar refractivity (Wildman–Crippen MR) is 48.8 cm³/mol. The van der Waals surface area contributed by atoms with Crippen LogP contribution in [0.3, 0.4) is 0 Å². The van der Waals surface area contributed by atoms with Gasteiger partial charge in [0.05, 0.1) is 12.5 Å². The van der Waals surface area contributed by atoms with Crippen molar-refractivity contribution in [1.82, 2.24) is 0 Å². The van der Waals surface area contributed by atoms with E-state index in [2.05, 4.69) is 6.58 Å². The van der Waals surface area contributed by atoms with E-state index in [-0.39, 0.29) is 5.38 Å². The fraction of sp³-hybridized carbons (Fsp3) is 0.714. The highest BCUT2D eigenvalue weighted by atomic mass is 35.5. The molecule has 0 fully saturated rings. The summed E-state index contributed by atoms with van der Waals surface area (Å²) in [7, 11) is 0. The molecule has 0 amide bonds. The van der Waals surface area contributed by atoms with Gasteiger partial charge < -0.3 is 4.74 Å². The number of hydrogen-bond donors (Lipinski definition) is 0. The third kappa shape index (κ3) is 8.34. The van der Waals surface area contributed by atoms with E-state index in [1.807, 2.05) is 6.92 Å². The van der Waals surface area contributed by atoms with E-state index in [0.717, 1.165) is 5.75 Å². The second kappa shape index (κ2) is 7.45. The van der Waals surface area contributed by atoms with Crippen LogP contribution in [0.15, 0.2) is 12.7 Å². The zero-order valence-electron chi connectivity index (χ0n) is 6.18. The quantitative estimate of drug-likeness (QED) is 0.269. The summed E-state index contributed by atoms with van der Waals surface area (Å²) in [6.45, 7) is 6.14. The second-order valence-electron chi connectivity index (χ2n) is 1.93. The molecule has 60 valence electrons. The van der Waals surface area contributed by atoms with Gasteiger partial charge in [0.2, 0.25) is 0 Å². The van der Waals surface area contributed by atoms with Gasteiger partial charge in [-0.15, -0.1) is 29.9 Å². The van der Waals surface area contributed by atoms with E-state index >= 15 is 0 Å². The average Bonchev–Trinajstić information content (AvgIpc) is 1.87. The van der Waals surface area contributed by atoms with Gasteiger partial charge in [-0.2, -0.15) is 0 Å². The molecule has 0 aromatic carbocycles. The molecule has 0 bridgehead atoms. The molecule has 0 aromatic heterocycles. The van der Waals surface area contributed by atoms with Gasteiger partial charge in [0.25, 0.3) is 0 Å². The summed E-state index contributed by atoms with van der Waals surface area (Å²) in [5, 5.41) is 0.234. The van der Waals surface area contributed by atoms with Crippen LogP contribution in [0.1, 0.15) is 6.92 Å². The Hall–Kier alpha value is 0.340. The minimum atomic E-state index is 0.234. The summed E-state index contributed by atoms with van der Waals surface area (Å²) in [6, 6.07) is 0. The Balaban J connectivity index is 2.83. The smallest absolute Gasteiger partial charge is 0.0925 e. The topological polar surface area (TPSA) is 9.23 Å². The Labute approximate surface area is 71.8 Å². The summed E-state index contributed by atoms with van der Waals surface area (Å²) in [5.74, 6) is 1.65. The number of thioether (sulfide) groups is 1. The zero-order chi connectivity index (χ0) is 7.82. The minimum absolute atomic E-state index is 0.234. The van der Waals surface area contributed by atoms with E-state index in [1.54, 1.807) is 17.8 Å². The van der Waals surface area contributed by atoms with Crippen molar-refractivity contribution in [3.8, 4) is 0 Å². The SMILES string of the molecule is C=CCOCSC[C@@H](C)Cl. The minimum Gasteiger partial charge on any atom is -0.367 e. The predicted octanol–water partition coefficient (Wildman–Crippen LogP) is 2.51. The van der Waals surface area contributed by atoms with Gasteiger partial charge in [-0.25, -0.2) is 0 Å². The van der Waals surface area contributed by atoms with Gasteiger partial charge in [0.1, 0.15) is 0 Å². The van der Waals surface area contributed by atoms with E-state index < -0.39 is 0 Å². The average molecular weight is 181 g/mol. The fourth-order valence-electron chi connectivity index (χ4n) is 0.401. The molecular formula is C7H13ClOS. The summed E-state index contributed by atoms with van der Waals surface area (Å²) >= 11 is 7.39. The molecule has 1 nitrogen and oxygen atoms in total. The van der Waals surface area contributed by atoms with Crippen molar-refractivity contribution >= 4 is 23.4 Å². The van der Waals surface area contributed by atoms with Gasteiger partial charge in [0, 0.05) is 11.1 Å². The molecule has 0 aromatic rings. The zero-order valence-corrected chi connectivity index (χ0v) is 7.75. The normalized spacial score (nSPS) is 13.0. The second-order valence-corrected chi connectivity index (χ2v) is 3.65. The lowest BCUT2D eigenvalue weighted by atomic mass is 10.6. The lowest BCUT2D eigenvalue weighted by Gasteiger charge is -2.01. The summed E-state index contributed by atoms with van der Waals surface area (Å²) < 4.78 is 5.12. The van der Waals surface area contributed by atoms with Crippen molar-refractivity contribution in [3.05, 3.63) is 12.7 Å². The van der Waals surface area contributed by atoms with Gasteiger partial charge in [-0.3, -0.25) is 0 Å². The maximum Gasteiger partial charge on any atom is 0.0925 e. The first kappa shape index (κ1) is 10.3. The molecule has 0 spiro atoms. The molecule has 0 rings (SSSR count). The van der Waals surface area contributed by atoms with Crippen molar-refractivity contribution in [2.45, 2.75) is 12.3 Å². The first-order valence-corrected chi connectivity index (χ1v) is 4.77. The molecule has 0 radical (unpaired) electrons. The van der Waals surface area contributed by atoms with Crippen molar-refractivity contribution in [3.63, 3.8) is 0 Å². The summed E-state index contributed by atoms with van der Waals surface area (Å²) in [4.78, 5) is 0. The molecule has 0 saturated carbocycles. The number of ether oxygens (including phenoxy) is 1. The number of hydrogen-bond acceptors (Lipinski definition) is 2. The van der Waals surface area contributed by atoms with Gasteiger partial charge in [-0.05, 0) is 6.92 Å². The van der Waals surface area contributed by atoms with Gasteiger partial charge >= 0.3 is 0 Å². The summed E-state index contributed by atoms with van der Waals surface area (Å²) in [5.41, 5.74) is 0. The molecule has 0 saturated heterocycles. The van der Waals surface area contributed by atoms with Crippen molar-refractivity contribution < 1.29 is 4.74 Å². The van der Waals surface area contributed by atoms with Crippen molar-refractivity contribution in [1.29, 1.82) is 0 Å². The van der Waals surface area contributed by atoms with Gasteiger partial charge in [-0.1, -0.05) is 6.08 Å². The monoisotopic (exact) mass is 180 g/mol. The van der Waals surface area contributed by atoms with Crippen LogP contribution in [0.2, 0.25) is 0 Å². The number of halogens is 1. The molecular weight excluding hydrogens is 168 g/mol. The Morgan fingerprint density at radius 3 is 3.00 bits per heavy atom. The van der Waals surface area contributed by atoms with Crippen molar-refractivity contribution in [2.24, 2.45) is 0 Å². The molecule has 0 aliphatic rings. The standard InChI is InChI=1S/C7H13ClOS/c1-3-4-9-6-10-5-7(2)8/h3,7H,1,4-6H2,2H3/t7-/m1/s1. The highest BCUT2D eigenvalue weighted by molar-refractivity contribution is 7.99. The lowest BCUT2D eigenvalue weighted by Crippen LogP contribution is -1.97. The fourth-order valence-corrected chi connectivity index (χ4v) is 1.30. The molecule has 0 N–H and O–H groups in total. The van der Waals surface area contributed by atoms with E-state index in [0.29, 0.717) is 12.5 Å². The first-order chi connectivity index (χ1) is 4.77. The molecule has 10 heavy (non-hydrogen) atoms. The maximum atomic E-state index is 5.69. The van der Waals surface area contributed by atoms with Crippen LogP contribution in [0.25, 0.3) is 0 Å². The number of alkyl halides is 1. The van der Waals surface area contributed by atoms with Crippen LogP contribution >= 0.6 is 23.4 Å². The molecule has 0 heterocycles. The Morgan fingerprint density at radius 2 is 2.50 bits per heavy atom. The third-order valence-electron chi connectivity index (χ3n) is 0.750. The molecule has 0 unspecified atom stereocenters. The van der Waals surface area contributed by atoms with Crippen LogP contribution in [0.4, 0.5) is 0 Å². The number of rotatable bonds is 6. The maximum absolute atomic E-state index is 5.69. The lowest BCUT2D eigenvalue weighted by molar-refractivity contribution is 0.217. The van der Waals surface area contributed by atoms with Crippen molar-refractivity contribution in [2.75, 3.05) is 18.3 Å². The van der Waals surface area contributed by atoms with E-state index in [4.69, 9.17) is 16.3 Å². The Bertz CT molecular complexity index is 85.7. The third-order valence-corrected chi connectivity index (χ3v) is 2.16. The highest BCUT2D eigenvalue weighted by Gasteiger charge is 1.94. The van der Waals surface area contributed by atoms with Crippen LogP contribution < -0.4 is 0 Å². The molecule has 1 atom stereocenters. The summed E-state index contributed by atoms with van der Waals surface area (Å²) in [6.07, 6.45) is 1.74. The molecule has 0 aliphatic carbocycles. The Morgan fingerprint density at radius 1 is 1.80 bits per heavy atom. The van der Waals surface area contributed by atoms with Crippen LogP contribution in [-0.2, 0) is 4.74 Å². The molecule has 3 heteroatoms. The van der Waals surface area contributed by atoms with E-state index in [1.165, 1.54) is 0 Å².